The molecule has 2 aliphatic rings. The van der Waals surface area contributed by atoms with Crippen molar-refractivity contribution in [3.8, 4) is 0 Å². The first-order chi connectivity index (χ1) is 14.9. The standard InChI is InChI=1S/C24H17ClF2N2O2/c1-14-12-16(7-8-19(14)25)24-18-5-3-2-4-17(18)23(31)29(24)11-10-28(24)22(30)15-6-9-20(26)21(27)13-15/h2-9,12-13H,10-11H2,1H3/t24-/m0/s1. The van der Waals surface area contributed by atoms with E-state index in [4.69, 9.17) is 11.6 Å². The molecule has 1 atom stereocenters. The van der Waals surface area contributed by atoms with Crippen molar-refractivity contribution in [2.75, 3.05) is 13.1 Å². The molecule has 2 amide bonds. The number of carbonyl (C=O) groups excluding carboxylic acids is 2. The molecule has 0 aromatic heterocycles. The molecule has 0 N–H and O–H groups in total. The fourth-order valence-electron chi connectivity index (χ4n) is 4.69. The van der Waals surface area contributed by atoms with Gasteiger partial charge in [-0.25, -0.2) is 8.78 Å². The van der Waals surface area contributed by atoms with Gasteiger partial charge in [-0.05, 0) is 48.9 Å². The van der Waals surface area contributed by atoms with Gasteiger partial charge in [0.25, 0.3) is 11.8 Å². The van der Waals surface area contributed by atoms with Crippen LogP contribution in [0.4, 0.5) is 8.78 Å². The highest BCUT2D eigenvalue weighted by atomic mass is 35.5. The fraction of sp³-hybridized carbons (Fsp3) is 0.167. The summed E-state index contributed by atoms with van der Waals surface area (Å²) in [5, 5.41) is 0.570. The molecule has 0 spiro atoms. The normalized spacial score (nSPS) is 19.5. The van der Waals surface area contributed by atoms with E-state index in [2.05, 4.69) is 0 Å². The lowest BCUT2D eigenvalue weighted by Gasteiger charge is -2.40. The number of nitrogens with zero attached hydrogens (tertiary/aromatic N) is 2. The van der Waals surface area contributed by atoms with Crippen LogP contribution in [0.5, 0.6) is 0 Å². The predicted octanol–water partition coefficient (Wildman–Crippen LogP) is 4.74. The summed E-state index contributed by atoms with van der Waals surface area (Å²) in [5.74, 6) is -2.78. The van der Waals surface area contributed by atoms with Crippen LogP contribution in [0, 0.1) is 18.6 Å². The highest BCUT2D eigenvalue weighted by Crippen LogP contribution is 2.50. The Morgan fingerprint density at radius 3 is 2.52 bits per heavy atom. The molecule has 3 aromatic carbocycles. The van der Waals surface area contributed by atoms with Crippen molar-refractivity contribution >= 4 is 23.4 Å². The monoisotopic (exact) mass is 438 g/mol. The second kappa shape index (κ2) is 6.89. The van der Waals surface area contributed by atoms with E-state index >= 15 is 0 Å². The summed E-state index contributed by atoms with van der Waals surface area (Å²) in [6.07, 6.45) is 0. The van der Waals surface area contributed by atoms with Crippen LogP contribution in [0.1, 0.15) is 37.4 Å². The van der Waals surface area contributed by atoms with Crippen LogP contribution < -0.4 is 0 Å². The Hall–Kier alpha value is -3.25. The zero-order valence-electron chi connectivity index (χ0n) is 16.5. The summed E-state index contributed by atoms with van der Waals surface area (Å²) in [4.78, 5) is 30.1. The fourth-order valence-corrected chi connectivity index (χ4v) is 4.81. The first kappa shape index (κ1) is 19.7. The summed E-state index contributed by atoms with van der Waals surface area (Å²) in [5.41, 5.74) is 1.53. The summed E-state index contributed by atoms with van der Waals surface area (Å²) < 4.78 is 27.3. The van der Waals surface area contributed by atoms with Crippen LogP contribution in [0.2, 0.25) is 5.02 Å². The van der Waals surface area contributed by atoms with Crippen molar-refractivity contribution in [1.29, 1.82) is 0 Å². The van der Waals surface area contributed by atoms with Gasteiger partial charge in [-0.15, -0.1) is 0 Å². The molecular weight excluding hydrogens is 422 g/mol. The first-order valence-corrected chi connectivity index (χ1v) is 10.2. The molecule has 2 heterocycles. The van der Waals surface area contributed by atoms with Gasteiger partial charge in [0.15, 0.2) is 17.3 Å². The number of amides is 2. The Bertz CT molecular complexity index is 1260. The average Bonchev–Trinajstić information content (AvgIpc) is 3.27. The number of aryl methyl sites for hydroxylation is 1. The summed E-state index contributed by atoms with van der Waals surface area (Å²) in [7, 11) is 0. The Labute approximate surface area is 182 Å². The summed E-state index contributed by atoms with van der Waals surface area (Å²) in [6, 6.07) is 15.6. The predicted molar refractivity (Wildman–Crippen MR) is 112 cm³/mol. The van der Waals surface area contributed by atoms with E-state index in [9.17, 15) is 18.4 Å². The van der Waals surface area contributed by atoms with Gasteiger partial charge in [-0.3, -0.25) is 9.59 Å². The van der Waals surface area contributed by atoms with Crippen LogP contribution in [0.3, 0.4) is 0 Å². The highest BCUT2D eigenvalue weighted by molar-refractivity contribution is 6.31. The van der Waals surface area contributed by atoms with Gasteiger partial charge < -0.3 is 9.80 Å². The van der Waals surface area contributed by atoms with Crippen LogP contribution in [0.15, 0.2) is 60.7 Å². The minimum atomic E-state index is -1.19. The lowest BCUT2D eigenvalue weighted by Crippen LogP contribution is -2.51. The Morgan fingerprint density at radius 1 is 1.00 bits per heavy atom. The lowest BCUT2D eigenvalue weighted by atomic mass is 9.88. The van der Waals surface area contributed by atoms with Crippen LogP contribution >= 0.6 is 11.6 Å². The van der Waals surface area contributed by atoms with Crippen molar-refractivity contribution in [2.45, 2.75) is 12.6 Å². The van der Waals surface area contributed by atoms with Crippen LogP contribution in [0.25, 0.3) is 0 Å². The number of rotatable bonds is 2. The number of carbonyl (C=O) groups is 2. The van der Waals surface area contributed by atoms with Crippen LogP contribution in [-0.2, 0) is 5.66 Å². The molecule has 7 heteroatoms. The molecule has 4 nitrogen and oxygen atoms in total. The van der Waals surface area contributed by atoms with E-state index in [-0.39, 0.29) is 18.0 Å². The van der Waals surface area contributed by atoms with Gasteiger partial charge >= 0.3 is 0 Å². The summed E-state index contributed by atoms with van der Waals surface area (Å²) in [6.45, 7) is 2.41. The number of hydrogen-bond donors (Lipinski definition) is 0. The van der Waals surface area contributed by atoms with E-state index < -0.39 is 23.2 Å². The third-order valence-corrected chi connectivity index (χ3v) is 6.50. The second-order valence-electron chi connectivity index (χ2n) is 7.72. The molecule has 0 unspecified atom stereocenters. The van der Waals surface area contributed by atoms with Crippen molar-refractivity contribution in [1.82, 2.24) is 9.80 Å². The van der Waals surface area contributed by atoms with Crippen LogP contribution in [-0.4, -0.2) is 34.7 Å². The topological polar surface area (TPSA) is 40.6 Å². The molecule has 31 heavy (non-hydrogen) atoms. The average molecular weight is 439 g/mol. The maximum absolute atomic E-state index is 13.9. The summed E-state index contributed by atoms with van der Waals surface area (Å²) >= 11 is 6.25. The van der Waals surface area contributed by atoms with E-state index in [1.54, 1.807) is 34.1 Å². The molecule has 2 aliphatic heterocycles. The molecule has 0 radical (unpaired) electrons. The third kappa shape index (κ3) is 2.64. The Kier molecular flexibility index (Phi) is 4.38. The maximum Gasteiger partial charge on any atom is 0.256 e. The second-order valence-corrected chi connectivity index (χ2v) is 8.13. The molecule has 1 saturated heterocycles. The SMILES string of the molecule is Cc1cc([C@@]23c4ccccc4C(=O)N2CCN3C(=O)c2ccc(F)c(F)c2)ccc1Cl. The quantitative estimate of drug-likeness (QED) is 0.580. The number of halogens is 3. The molecule has 1 fully saturated rings. The van der Waals surface area contributed by atoms with Crippen molar-refractivity contribution in [3.05, 3.63) is 105 Å². The van der Waals surface area contributed by atoms with E-state index in [1.807, 2.05) is 25.1 Å². The maximum atomic E-state index is 13.9. The van der Waals surface area contributed by atoms with Crippen molar-refractivity contribution in [3.63, 3.8) is 0 Å². The van der Waals surface area contributed by atoms with E-state index in [1.165, 1.54) is 6.07 Å². The van der Waals surface area contributed by atoms with Gasteiger partial charge in [0, 0.05) is 40.4 Å². The molecule has 5 rings (SSSR count). The third-order valence-electron chi connectivity index (χ3n) is 6.08. The number of fused-ring (bicyclic) bond motifs is 3. The lowest BCUT2D eigenvalue weighted by molar-refractivity contribution is 0.0374. The zero-order chi connectivity index (χ0) is 21.9. The van der Waals surface area contributed by atoms with Crippen molar-refractivity contribution < 1.29 is 18.4 Å². The first-order valence-electron chi connectivity index (χ1n) is 9.81. The number of benzene rings is 3. The molecule has 156 valence electrons. The molecule has 3 aromatic rings. The van der Waals surface area contributed by atoms with Gasteiger partial charge in [0.2, 0.25) is 0 Å². The van der Waals surface area contributed by atoms with E-state index in [0.717, 1.165) is 17.7 Å². The molecule has 0 saturated carbocycles. The van der Waals surface area contributed by atoms with Gasteiger partial charge in [0.1, 0.15) is 0 Å². The number of hydrogen-bond acceptors (Lipinski definition) is 2. The largest absolute Gasteiger partial charge is 0.306 e. The molecule has 0 aliphatic carbocycles. The van der Waals surface area contributed by atoms with Gasteiger partial charge in [-0.2, -0.15) is 0 Å². The van der Waals surface area contributed by atoms with Gasteiger partial charge in [-0.1, -0.05) is 35.9 Å². The van der Waals surface area contributed by atoms with Gasteiger partial charge in [0.05, 0.1) is 0 Å². The minimum absolute atomic E-state index is 0.0163. The van der Waals surface area contributed by atoms with E-state index in [0.29, 0.717) is 28.3 Å². The zero-order valence-corrected chi connectivity index (χ0v) is 17.3. The van der Waals surface area contributed by atoms with Crippen molar-refractivity contribution in [2.24, 2.45) is 0 Å². The Balaban J connectivity index is 1.76. The highest BCUT2D eigenvalue weighted by Gasteiger charge is 2.59. The minimum Gasteiger partial charge on any atom is -0.306 e. The Morgan fingerprint density at radius 2 is 1.77 bits per heavy atom. The molecular formula is C24H17ClF2N2O2. The molecule has 0 bridgehead atoms. The smallest absolute Gasteiger partial charge is 0.256 e.